The summed E-state index contributed by atoms with van der Waals surface area (Å²) >= 11 is 0. The lowest BCUT2D eigenvalue weighted by Crippen LogP contribution is -2.48. The minimum Gasteiger partial charge on any atom is -0.251 e. The molecule has 32 heavy (non-hydrogen) atoms. The summed E-state index contributed by atoms with van der Waals surface area (Å²) in [4.78, 5) is 19.5. The van der Waals surface area contributed by atoms with E-state index in [1.807, 2.05) is 12.4 Å². The molecule has 2 fully saturated rings. The molecule has 0 unspecified atom stereocenters. The molecule has 4 atom stereocenters. The highest BCUT2D eigenvalue weighted by Crippen LogP contribution is 2.62. The Balaban J connectivity index is 1.17. The zero-order valence-electron chi connectivity index (χ0n) is 19.4. The van der Waals surface area contributed by atoms with Crippen molar-refractivity contribution in [2.45, 2.75) is 65.2 Å². The minimum atomic E-state index is 0.426. The zero-order valence-corrected chi connectivity index (χ0v) is 19.4. The third kappa shape index (κ3) is 2.39. The van der Waals surface area contributed by atoms with Crippen LogP contribution in [0.2, 0.25) is 0 Å². The molecule has 2 saturated carbocycles. The first-order valence-corrected chi connectivity index (χ1v) is 12.1. The average Bonchev–Trinajstić information content (AvgIpc) is 2.82. The van der Waals surface area contributed by atoms with Gasteiger partial charge in [-0.05, 0) is 83.4 Å². The Morgan fingerprint density at radius 2 is 1.06 bits per heavy atom. The van der Waals surface area contributed by atoms with Crippen LogP contribution in [0.3, 0.4) is 0 Å². The molecule has 0 radical (unpaired) electrons. The second-order valence-corrected chi connectivity index (χ2v) is 11.8. The molecule has 162 valence electrons. The number of pyridine rings is 2. The van der Waals surface area contributed by atoms with Crippen LogP contribution >= 0.6 is 0 Å². The highest BCUT2D eigenvalue weighted by atomic mass is 14.9. The molecule has 4 heteroatoms. The van der Waals surface area contributed by atoms with Crippen LogP contribution in [-0.2, 0) is 12.8 Å². The molecule has 6 aliphatic rings. The van der Waals surface area contributed by atoms with Gasteiger partial charge in [0.1, 0.15) is 11.4 Å². The van der Waals surface area contributed by atoms with E-state index in [9.17, 15) is 0 Å². The van der Waals surface area contributed by atoms with Crippen molar-refractivity contribution in [1.82, 2.24) is 19.9 Å². The van der Waals surface area contributed by atoms with Gasteiger partial charge in [-0.2, -0.15) is 0 Å². The van der Waals surface area contributed by atoms with Gasteiger partial charge in [-0.25, -0.2) is 0 Å². The maximum atomic E-state index is 5.00. The second kappa shape index (κ2) is 6.03. The number of rotatable bonds is 2. The van der Waals surface area contributed by atoms with Crippen LogP contribution in [0.4, 0.5) is 0 Å². The van der Waals surface area contributed by atoms with E-state index in [0.717, 1.165) is 47.5 Å². The summed E-state index contributed by atoms with van der Waals surface area (Å²) in [5.41, 5.74) is 9.84. The van der Waals surface area contributed by atoms with E-state index in [0.29, 0.717) is 22.7 Å². The fraction of sp³-hybridized carbons (Fsp3) is 0.500. The van der Waals surface area contributed by atoms with E-state index in [-0.39, 0.29) is 0 Å². The summed E-state index contributed by atoms with van der Waals surface area (Å²) in [5.74, 6) is 2.86. The van der Waals surface area contributed by atoms with Crippen LogP contribution in [0.5, 0.6) is 0 Å². The van der Waals surface area contributed by atoms with E-state index in [4.69, 9.17) is 19.9 Å². The van der Waals surface area contributed by atoms with Gasteiger partial charge in [0.25, 0.3) is 0 Å². The van der Waals surface area contributed by atoms with E-state index in [1.54, 1.807) is 0 Å². The fourth-order valence-corrected chi connectivity index (χ4v) is 7.11. The lowest BCUT2D eigenvalue weighted by Gasteiger charge is -2.56. The second-order valence-electron chi connectivity index (χ2n) is 11.8. The van der Waals surface area contributed by atoms with Crippen molar-refractivity contribution in [2.75, 3.05) is 0 Å². The topological polar surface area (TPSA) is 51.6 Å². The van der Waals surface area contributed by atoms with E-state index in [2.05, 4.69) is 52.0 Å². The van der Waals surface area contributed by atoms with Crippen molar-refractivity contribution in [1.29, 1.82) is 0 Å². The molecule has 0 saturated heterocycles. The Bertz CT molecular complexity index is 1160. The first-order chi connectivity index (χ1) is 15.3. The summed E-state index contributed by atoms with van der Waals surface area (Å²) in [5, 5.41) is 0. The van der Waals surface area contributed by atoms with Crippen LogP contribution < -0.4 is 0 Å². The Labute approximate surface area is 190 Å². The smallest absolute Gasteiger partial charge is 0.107 e. The molecule has 0 aliphatic heterocycles. The highest BCUT2D eigenvalue weighted by molar-refractivity contribution is 5.60. The van der Waals surface area contributed by atoms with Gasteiger partial charge in [0.05, 0.1) is 23.8 Å². The van der Waals surface area contributed by atoms with Crippen LogP contribution in [0.1, 0.15) is 74.9 Å². The maximum Gasteiger partial charge on any atom is 0.107 e. The molecule has 0 amide bonds. The molecular formula is C28H30N4. The Morgan fingerprint density at radius 3 is 1.44 bits per heavy atom. The van der Waals surface area contributed by atoms with Crippen molar-refractivity contribution in [2.24, 2.45) is 22.7 Å². The first-order valence-electron chi connectivity index (χ1n) is 12.1. The van der Waals surface area contributed by atoms with Gasteiger partial charge in [0.2, 0.25) is 0 Å². The summed E-state index contributed by atoms with van der Waals surface area (Å²) in [6, 6.07) is 8.82. The summed E-state index contributed by atoms with van der Waals surface area (Å²) in [7, 11) is 0. The molecule has 9 rings (SSSR count). The summed E-state index contributed by atoms with van der Waals surface area (Å²) in [6.07, 6.45) is 8.55. The van der Waals surface area contributed by atoms with Gasteiger partial charge in [-0.3, -0.25) is 19.9 Å². The molecule has 3 aromatic rings. The Hall–Kier alpha value is -2.62. The van der Waals surface area contributed by atoms with Crippen molar-refractivity contribution >= 4 is 0 Å². The van der Waals surface area contributed by atoms with Crippen LogP contribution in [0, 0.1) is 22.7 Å². The molecule has 4 nitrogen and oxygen atoms in total. The molecule has 3 heterocycles. The normalized spacial score (nSPS) is 29.9. The Kier molecular flexibility index (Phi) is 3.56. The van der Waals surface area contributed by atoms with Gasteiger partial charge >= 0.3 is 0 Å². The molecule has 3 aromatic heterocycles. The third-order valence-electron chi connectivity index (χ3n) is 9.77. The fourth-order valence-electron chi connectivity index (χ4n) is 7.11. The van der Waals surface area contributed by atoms with Crippen LogP contribution in [0.25, 0.3) is 22.8 Å². The third-order valence-corrected chi connectivity index (χ3v) is 9.77. The number of hydrogen-bond donors (Lipinski definition) is 0. The molecular weight excluding hydrogens is 392 g/mol. The lowest BCUT2D eigenvalue weighted by atomic mass is 9.48. The predicted molar refractivity (Wildman–Crippen MR) is 125 cm³/mol. The van der Waals surface area contributed by atoms with Gasteiger partial charge in [-0.1, -0.05) is 39.8 Å². The first kappa shape index (κ1) is 18.9. The SMILES string of the molecule is CC1(C)[C@@H]2Cc3nc(-c4cnc(-c5ccc6c(n5)C[C@@H]5C[C@H]6C5(C)C)cn4)ccc3[C@H]1C2. The number of hydrogen-bond acceptors (Lipinski definition) is 4. The van der Waals surface area contributed by atoms with Crippen LogP contribution in [0.15, 0.2) is 36.7 Å². The number of aromatic nitrogens is 4. The largest absolute Gasteiger partial charge is 0.251 e. The van der Waals surface area contributed by atoms with E-state index in [1.165, 1.54) is 35.4 Å². The predicted octanol–water partition coefficient (Wildman–Crippen LogP) is 5.97. The van der Waals surface area contributed by atoms with Gasteiger partial charge in [0.15, 0.2) is 0 Å². The van der Waals surface area contributed by atoms with Gasteiger partial charge in [0, 0.05) is 11.4 Å². The lowest BCUT2D eigenvalue weighted by molar-refractivity contribution is 0.0170. The Morgan fingerprint density at radius 1 is 0.625 bits per heavy atom. The van der Waals surface area contributed by atoms with Gasteiger partial charge < -0.3 is 0 Å². The summed E-state index contributed by atoms with van der Waals surface area (Å²) in [6.45, 7) is 9.63. The average molecular weight is 423 g/mol. The highest BCUT2D eigenvalue weighted by Gasteiger charge is 2.53. The molecule has 6 aliphatic carbocycles. The zero-order chi connectivity index (χ0) is 21.8. The van der Waals surface area contributed by atoms with Crippen molar-refractivity contribution in [3.8, 4) is 22.8 Å². The maximum absolute atomic E-state index is 5.00. The standard InChI is InChI=1S/C28H30N4/c1-27(2)15-9-19(27)17-5-7-21(31-23(17)11-15)25-13-30-26(14-29-25)22-8-6-18-20-10-16(28(20,3)4)12-24(18)32-22/h5-8,13-16,19-20H,9-12H2,1-4H3/t15-,16-,19+,20+/m0/s1. The molecule has 0 spiro atoms. The quantitative estimate of drug-likeness (QED) is 0.510. The minimum absolute atomic E-state index is 0.426. The van der Waals surface area contributed by atoms with Crippen LogP contribution in [-0.4, -0.2) is 19.9 Å². The van der Waals surface area contributed by atoms with Crippen molar-refractivity contribution in [3.63, 3.8) is 0 Å². The van der Waals surface area contributed by atoms with E-state index >= 15 is 0 Å². The van der Waals surface area contributed by atoms with Gasteiger partial charge in [-0.15, -0.1) is 0 Å². The monoisotopic (exact) mass is 422 g/mol. The van der Waals surface area contributed by atoms with Crippen molar-refractivity contribution < 1.29 is 0 Å². The van der Waals surface area contributed by atoms with E-state index < -0.39 is 0 Å². The number of nitrogens with zero attached hydrogens (tertiary/aromatic N) is 4. The molecule has 4 bridgehead atoms. The molecule has 0 aromatic carbocycles. The molecule has 0 N–H and O–H groups in total. The summed E-state index contributed by atoms with van der Waals surface area (Å²) < 4.78 is 0. The van der Waals surface area contributed by atoms with Crippen molar-refractivity contribution in [3.05, 3.63) is 59.2 Å².